The SMILES string of the molecule is C#Cc1ccccc1C(C(=O)Nc1ccc(OC)cc1)N(CCCCCC)C(=O)C(Cc1ccccc1)NC(=O)OC(C)(C)C. The van der Waals surface area contributed by atoms with Crippen LogP contribution in [-0.4, -0.2) is 48.1 Å². The van der Waals surface area contributed by atoms with Crippen LogP contribution in [0.1, 0.15) is 76.1 Å². The number of rotatable bonds is 14. The van der Waals surface area contributed by atoms with Crippen molar-refractivity contribution in [1.82, 2.24) is 10.2 Å². The van der Waals surface area contributed by atoms with Gasteiger partial charge in [0.1, 0.15) is 23.4 Å². The summed E-state index contributed by atoms with van der Waals surface area (Å²) in [6, 6.07) is 21.4. The third-order valence-electron chi connectivity index (χ3n) is 7.14. The van der Waals surface area contributed by atoms with Crippen LogP contribution in [-0.2, 0) is 20.7 Å². The third kappa shape index (κ3) is 10.7. The molecular formula is C37H45N3O5. The number of anilines is 1. The molecule has 0 spiro atoms. The molecule has 0 bridgehead atoms. The summed E-state index contributed by atoms with van der Waals surface area (Å²) >= 11 is 0. The number of hydrogen-bond acceptors (Lipinski definition) is 5. The van der Waals surface area contributed by atoms with E-state index in [1.54, 1.807) is 81.3 Å². The van der Waals surface area contributed by atoms with Gasteiger partial charge in [-0.05, 0) is 68.7 Å². The molecule has 238 valence electrons. The first-order valence-electron chi connectivity index (χ1n) is 15.4. The Morgan fingerprint density at radius 3 is 2.20 bits per heavy atom. The van der Waals surface area contributed by atoms with Gasteiger partial charge in [0.15, 0.2) is 0 Å². The van der Waals surface area contributed by atoms with E-state index < -0.39 is 35.6 Å². The predicted octanol–water partition coefficient (Wildman–Crippen LogP) is 6.90. The lowest BCUT2D eigenvalue weighted by atomic mass is 9.96. The van der Waals surface area contributed by atoms with E-state index in [1.165, 1.54) is 0 Å². The Labute approximate surface area is 267 Å². The van der Waals surface area contributed by atoms with Crippen LogP contribution in [0.15, 0.2) is 78.9 Å². The molecule has 8 heteroatoms. The zero-order valence-electron chi connectivity index (χ0n) is 27.0. The van der Waals surface area contributed by atoms with Crippen LogP contribution in [0.4, 0.5) is 10.5 Å². The van der Waals surface area contributed by atoms with Gasteiger partial charge in [-0.1, -0.05) is 80.6 Å². The van der Waals surface area contributed by atoms with E-state index in [2.05, 4.69) is 23.5 Å². The number of alkyl carbamates (subject to hydrolysis) is 1. The summed E-state index contributed by atoms with van der Waals surface area (Å²) in [5, 5.41) is 5.77. The number of nitrogens with one attached hydrogen (secondary N) is 2. The van der Waals surface area contributed by atoms with Crippen molar-refractivity contribution in [2.45, 2.75) is 77.5 Å². The van der Waals surface area contributed by atoms with Crippen molar-refractivity contribution < 1.29 is 23.9 Å². The second-order valence-electron chi connectivity index (χ2n) is 11.8. The fourth-order valence-electron chi connectivity index (χ4n) is 4.98. The number of ether oxygens (including phenoxy) is 2. The highest BCUT2D eigenvalue weighted by atomic mass is 16.6. The molecular weight excluding hydrogens is 566 g/mol. The molecule has 0 aliphatic rings. The number of unbranched alkanes of at least 4 members (excludes halogenated alkanes) is 3. The van der Waals surface area contributed by atoms with Gasteiger partial charge in [-0.2, -0.15) is 0 Å². The van der Waals surface area contributed by atoms with Gasteiger partial charge in [-0.15, -0.1) is 6.42 Å². The summed E-state index contributed by atoms with van der Waals surface area (Å²) in [6.45, 7) is 7.67. The average molecular weight is 612 g/mol. The van der Waals surface area contributed by atoms with Gasteiger partial charge < -0.3 is 25.0 Å². The van der Waals surface area contributed by atoms with Crippen LogP contribution >= 0.6 is 0 Å². The van der Waals surface area contributed by atoms with Gasteiger partial charge in [0.05, 0.1) is 7.11 Å². The number of carbonyl (C=O) groups is 3. The van der Waals surface area contributed by atoms with E-state index >= 15 is 0 Å². The highest BCUT2D eigenvalue weighted by molar-refractivity contribution is 5.99. The third-order valence-corrected chi connectivity index (χ3v) is 7.14. The van der Waals surface area contributed by atoms with E-state index in [4.69, 9.17) is 15.9 Å². The summed E-state index contributed by atoms with van der Waals surface area (Å²) in [5.41, 5.74) is 1.64. The lowest BCUT2D eigenvalue weighted by Gasteiger charge is -2.35. The topological polar surface area (TPSA) is 97.0 Å². The monoisotopic (exact) mass is 611 g/mol. The molecule has 3 aromatic carbocycles. The lowest BCUT2D eigenvalue weighted by molar-refractivity contribution is -0.140. The van der Waals surface area contributed by atoms with Gasteiger partial charge >= 0.3 is 6.09 Å². The molecule has 0 saturated heterocycles. The summed E-state index contributed by atoms with van der Waals surface area (Å²) in [4.78, 5) is 43.5. The molecule has 3 aromatic rings. The maximum absolute atomic E-state index is 14.7. The van der Waals surface area contributed by atoms with E-state index in [0.29, 0.717) is 29.0 Å². The summed E-state index contributed by atoms with van der Waals surface area (Å²) in [7, 11) is 1.57. The summed E-state index contributed by atoms with van der Waals surface area (Å²) in [6.07, 6.45) is 8.91. The van der Waals surface area contributed by atoms with Crippen molar-refractivity contribution in [1.29, 1.82) is 0 Å². The molecule has 0 fully saturated rings. The Bertz CT molecular complexity index is 1440. The van der Waals surface area contributed by atoms with Gasteiger partial charge in [0.25, 0.3) is 5.91 Å². The van der Waals surface area contributed by atoms with Crippen molar-refractivity contribution in [3.63, 3.8) is 0 Å². The largest absolute Gasteiger partial charge is 0.497 e. The maximum Gasteiger partial charge on any atom is 0.408 e. The second-order valence-corrected chi connectivity index (χ2v) is 11.8. The number of carbonyl (C=O) groups excluding carboxylic acids is 3. The van der Waals surface area contributed by atoms with Crippen LogP contribution < -0.4 is 15.4 Å². The molecule has 0 aliphatic carbocycles. The van der Waals surface area contributed by atoms with Crippen molar-refractivity contribution in [3.05, 3.63) is 95.6 Å². The van der Waals surface area contributed by atoms with Crippen LogP contribution in [0.5, 0.6) is 5.75 Å². The van der Waals surface area contributed by atoms with Gasteiger partial charge in [-0.3, -0.25) is 9.59 Å². The van der Waals surface area contributed by atoms with Crippen molar-refractivity contribution >= 4 is 23.6 Å². The Kier molecular flexibility index (Phi) is 13.0. The minimum atomic E-state index is -1.08. The Hall–Kier alpha value is -4.77. The number of hydrogen-bond donors (Lipinski definition) is 2. The lowest BCUT2D eigenvalue weighted by Crippen LogP contribution is -2.53. The summed E-state index contributed by atoms with van der Waals surface area (Å²) in [5.74, 6) is 2.49. The molecule has 3 amide bonds. The Morgan fingerprint density at radius 1 is 0.911 bits per heavy atom. The molecule has 2 atom stereocenters. The fraction of sp³-hybridized carbons (Fsp3) is 0.378. The fourth-order valence-corrected chi connectivity index (χ4v) is 4.98. The number of benzene rings is 3. The van der Waals surface area contributed by atoms with Crippen LogP contribution in [0, 0.1) is 12.3 Å². The van der Waals surface area contributed by atoms with E-state index in [9.17, 15) is 14.4 Å². The summed E-state index contributed by atoms with van der Waals surface area (Å²) < 4.78 is 10.8. The van der Waals surface area contributed by atoms with Crippen molar-refractivity contribution in [2.24, 2.45) is 0 Å². The molecule has 0 radical (unpaired) electrons. The van der Waals surface area contributed by atoms with Crippen LogP contribution in [0.2, 0.25) is 0 Å². The minimum Gasteiger partial charge on any atom is -0.497 e. The Morgan fingerprint density at radius 2 is 1.58 bits per heavy atom. The highest BCUT2D eigenvalue weighted by Gasteiger charge is 2.37. The van der Waals surface area contributed by atoms with E-state index in [1.807, 2.05) is 30.3 Å². The zero-order chi connectivity index (χ0) is 32.8. The Balaban J connectivity index is 2.10. The predicted molar refractivity (Wildman–Crippen MR) is 178 cm³/mol. The number of methoxy groups -OCH3 is 1. The van der Waals surface area contributed by atoms with Gasteiger partial charge in [0.2, 0.25) is 5.91 Å². The first-order valence-corrected chi connectivity index (χ1v) is 15.4. The maximum atomic E-state index is 14.7. The molecule has 8 nitrogen and oxygen atoms in total. The van der Waals surface area contributed by atoms with Crippen LogP contribution in [0.3, 0.4) is 0 Å². The van der Waals surface area contributed by atoms with E-state index in [0.717, 1.165) is 24.8 Å². The first kappa shape index (κ1) is 34.7. The van der Waals surface area contributed by atoms with E-state index in [-0.39, 0.29) is 13.0 Å². The number of terminal acetylenes is 1. The average Bonchev–Trinajstić information content (AvgIpc) is 3.02. The minimum absolute atomic E-state index is 0.202. The van der Waals surface area contributed by atoms with Gasteiger partial charge in [-0.25, -0.2) is 4.79 Å². The number of amides is 3. The first-order chi connectivity index (χ1) is 21.6. The van der Waals surface area contributed by atoms with Gasteiger partial charge in [0, 0.05) is 24.2 Å². The zero-order valence-corrected chi connectivity index (χ0v) is 27.0. The standard InChI is InChI=1S/C37H45N3O5/c1-7-9-10-16-25-40(35(42)32(26-27-17-12-11-13-18-27)39-36(43)45-37(3,4)5)33(31-20-15-14-19-28(31)8-2)34(41)38-29-21-23-30(44-6)24-22-29/h2,11-15,17-24,32-33H,7,9-10,16,25-26H2,1,3-6H3,(H,38,41)(H,39,43). The smallest absolute Gasteiger partial charge is 0.408 e. The molecule has 0 aliphatic heterocycles. The van der Waals surface area contributed by atoms with Crippen molar-refractivity contribution in [3.8, 4) is 18.1 Å². The molecule has 2 N–H and O–H groups in total. The van der Waals surface area contributed by atoms with Crippen molar-refractivity contribution in [2.75, 3.05) is 19.0 Å². The second kappa shape index (κ2) is 16.9. The molecule has 0 heterocycles. The quantitative estimate of drug-likeness (QED) is 0.153. The van der Waals surface area contributed by atoms with Crippen LogP contribution in [0.25, 0.3) is 0 Å². The molecule has 45 heavy (non-hydrogen) atoms. The molecule has 2 unspecified atom stereocenters. The normalized spacial score (nSPS) is 12.3. The molecule has 0 saturated carbocycles. The highest BCUT2D eigenvalue weighted by Crippen LogP contribution is 2.28. The molecule has 0 aromatic heterocycles. The number of nitrogens with zero attached hydrogens (tertiary/aromatic N) is 1. The molecule has 3 rings (SSSR count).